The number of benzene rings is 1. The zero-order chi connectivity index (χ0) is 21.5. The third kappa shape index (κ3) is 4.11. The number of hydrogen-bond acceptors (Lipinski definition) is 6. The lowest BCUT2D eigenvalue weighted by molar-refractivity contribution is -0.135. The summed E-state index contributed by atoms with van der Waals surface area (Å²) in [5.74, 6) is 1.47. The Bertz CT molecular complexity index is 1100. The van der Waals surface area contributed by atoms with E-state index in [2.05, 4.69) is 20.1 Å². The summed E-state index contributed by atoms with van der Waals surface area (Å²) in [5, 5.41) is 9.42. The molecule has 0 aliphatic carbocycles. The van der Waals surface area contributed by atoms with Crippen molar-refractivity contribution in [3.63, 3.8) is 0 Å². The number of rotatable bonds is 5. The van der Waals surface area contributed by atoms with Gasteiger partial charge in [-0.05, 0) is 43.6 Å². The first-order valence-corrected chi connectivity index (χ1v) is 11.0. The smallest absolute Gasteiger partial charge is 0.291 e. The number of hydrogen-bond donors (Lipinski definition) is 0. The van der Waals surface area contributed by atoms with Crippen LogP contribution in [-0.2, 0) is 11.2 Å². The standard InChI is InChI=1S/C22H27FN6O2.ClH/c1-3-19-17-5-4-6-18(23)20(17)29(25-19)22-24-21(31-26-22)16-7-9-27(10-8-16)11-15-12-28(13-15)14(2)30;/h4-6,15-16H,3,7-13H2,1-2H3;1H. The number of aryl methyl sites for hydroxylation is 1. The highest BCUT2D eigenvalue weighted by Crippen LogP contribution is 2.30. The van der Waals surface area contributed by atoms with Crippen LogP contribution in [0, 0.1) is 11.7 Å². The van der Waals surface area contributed by atoms with E-state index in [0.29, 0.717) is 23.7 Å². The first-order valence-electron chi connectivity index (χ1n) is 11.0. The maximum Gasteiger partial charge on any atom is 0.291 e. The summed E-state index contributed by atoms with van der Waals surface area (Å²) in [5.41, 5.74) is 1.20. The van der Waals surface area contributed by atoms with Gasteiger partial charge in [-0.15, -0.1) is 12.4 Å². The van der Waals surface area contributed by atoms with Crippen LogP contribution < -0.4 is 0 Å². The minimum absolute atomic E-state index is 0. The van der Waals surface area contributed by atoms with Gasteiger partial charge in [-0.3, -0.25) is 4.79 Å². The Hall–Kier alpha value is -2.52. The summed E-state index contributed by atoms with van der Waals surface area (Å²) in [6, 6.07) is 4.99. The monoisotopic (exact) mass is 462 g/mol. The van der Waals surface area contributed by atoms with Gasteiger partial charge in [-0.25, -0.2) is 4.39 Å². The molecule has 2 fully saturated rings. The molecule has 0 spiro atoms. The fourth-order valence-electron chi connectivity index (χ4n) is 4.74. The predicted octanol–water partition coefficient (Wildman–Crippen LogP) is 3.19. The van der Waals surface area contributed by atoms with Crippen LogP contribution in [0.15, 0.2) is 22.7 Å². The van der Waals surface area contributed by atoms with Crippen LogP contribution in [0.2, 0.25) is 0 Å². The van der Waals surface area contributed by atoms with Gasteiger partial charge in [0.1, 0.15) is 11.3 Å². The second-order valence-corrected chi connectivity index (χ2v) is 8.65. The minimum Gasteiger partial charge on any atom is -0.342 e. The number of fused-ring (bicyclic) bond motifs is 1. The van der Waals surface area contributed by atoms with E-state index < -0.39 is 0 Å². The molecule has 172 valence electrons. The van der Waals surface area contributed by atoms with Crippen LogP contribution in [0.5, 0.6) is 0 Å². The Kier molecular flexibility index (Phi) is 6.48. The molecule has 0 radical (unpaired) electrons. The Morgan fingerprint density at radius 2 is 2.00 bits per heavy atom. The summed E-state index contributed by atoms with van der Waals surface area (Å²) in [6.45, 7) is 8.34. The number of carbonyl (C=O) groups excluding carboxylic acids is 1. The molecule has 2 aromatic heterocycles. The van der Waals surface area contributed by atoms with Crippen molar-refractivity contribution in [1.29, 1.82) is 0 Å². The van der Waals surface area contributed by atoms with E-state index in [0.717, 1.165) is 56.6 Å². The molecule has 5 rings (SSSR count). The summed E-state index contributed by atoms with van der Waals surface area (Å²) in [4.78, 5) is 20.3. The van der Waals surface area contributed by atoms with E-state index in [9.17, 15) is 9.18 Å². The zero-order valence-electron chi connectivity index (χ0n) is 18.3. The van der Waals surface area contributed by atoms with E-state index in [4.69, 9.17) is 4.52 Å². The lowest BCUT2D eigenvalue weighted by Gasteiger charge is -2.42. The van der Waals surface area contributed by atoms with Crippen molar-refractivity contribution >= 4 is 29.2 Å². The summed E-state index contributed by atoms with van der Waals surface area (Å²) in [6.07, 6.45) is 2.58. The second kappa shape index (κ2) is 9.15. The molecule has 1 aromatic carbocycles. The van der Waals surface area contributed by atoms with E-state index in [-0.39, 0.29) is 36.0 Å². The highest BCUT2D eigenvalue weighted by atomic mass is 35.5. The average molecular weight is 463 g/mol. The van der Waals surface area contributed by atoms with Crippen molar-refractivity contribution in [3.05, 3.63) is 35.6 Å². The van der Waals surface area contributed by atoms with Gasteiger partial charge in [-0.2, -0.15) is 14.8 Å². The summed E-state index contributed by atoms with van der Waals surface area (Å²) >= 11 is 0. The largest absolute Gasteiger partial charge is 0.342 e. The molecular formula is C22H28ClFN6O2. The number of piperidine rings is 1. The maximum atomic E-state index is 14.5. The first-order chi connectivity index (χ1) is 15.0. The van der Waals surface area contributed by atoms with Crippen molar-refractivity contribution in [3.8, 4) is 5.95 Å². The van der Waals surface area contributed by atoms with Crippen LogP contribution in [-0.4, -0.2) is 68.4 Å². The van der Waals surface area contributed by atoms with Crippen LogP contribution in [0.3, 0.4) is 0 Å². The molecule has 3 aromatic rings. The van der Waals surface area contributed by atoms with Gasteiger partial charge in [0.05, 0.1) is 5.69 Å². The number of nitrogens with zero attached hydrogens (tertiary/aromatic N) is 6. The van der Waals surface area contributed by atoms with Gasteiger partial charge < -0.3 is 14.3 Å². The molecular weight excluding hydrogens is 435 g/mol. The first kappa shape index (κ1) is 22.7. The van der Waals surface area contributed by atoms with Crippen LogP contribution in [0.25, 0.3) is 16.9 Å². The third-order valence-corrected chi connectivity index (χ3v) is 6.54. The fraction of sp³-hybridized carbons (Fsp3) is 0.545. The highest BCUT2D eigenvalue weighted by molar-refractivity contribution is 5.85. The van der Waals surface area contributed by atoms with Gasteiger partial charge in [-0.1, -0.05) is 19.1 Å². The molecule has 2 aliphatic heterocycles. The molecule has 2 saturated heterocycles. The van der Waals surface area contributed by atoms with Gasteiger partial charge in [0, 0.05) is 43.8 Å². The topological polar surface area (TPSA) is 80.3 Å². The molecule has 1 amide bonds. The van der Waals surface area contributed by atoms with E-state index in [1.807, 2.05) is 17.9 Å². The number of aromatic nitrogens is 4. The Morgan fingerprint density at radius 1 is 1.25 bits per heavy atom. The zero-order valence-corrected chi connectivity index (χ0v) is 19.1. The van der Waals surface area contributed by atoms with Crippen molar-refractivity contribution in [1.82, 2.24) is 29.7 Å². The highest BCUT2D eigenvalue weighted by Gasteiger charge is 2.32. The lowest BCUT2D eigenvalue weighted by atomic mass is 9.94. The third-order valence-electron chi connectivity index (χ3n) is 6.54. The maximum absolute atomic E-state index is 14.5. The average Bonchev–Trinajstić information content (AvgIpc) is 3.36. The Balaban J connectivity index is 0.00000245. The van der Waals surface area contributed by atoms with Gasteiger partial charge in [0.2, 0.25) is 11.8 Å². The molecule has 2 aliphatic rings. The van der Waals surface area contributed by atoms with Gasteiger partial charge >= 0.3 is 0 Å². The number of para-hydroxylation sites is 1. The molecule has 8 nitrogen and oxygen atoms in total. The molecule has 32 heavy (non-hydrogen) atoms. The van der Waals surface area contributed by atoms with Crippen molar-refractivity contribution in [2.24, 2.45) is 5.92 Å². The van der Waals surface area contributed by atoms with Crippen LogP contribution in [0.4, 0.5) is 4.39 Å². The number of carbonyl (C=O) groups is 1. The fourth-order valence-corrected chi connectivity index (χ4v) is 4.74. The molecule has 0 saturated carbocycles. The van der Waals surface area contributed by atoms with Crippen molar-refractivity contribution in [2.45, 2.75) is 39.0 Å². The summed E-state index contributed by atoms with van der Waals surface area (Å²) < 4.78 is 21.6. The molecule has 10 heteroatoms. The molecule has 4 heterocycles. The van der Waals surface area contributed by atoms with Crippen LogP contribution in [0.1, 0.15) is 44.2 Å². The minimum atomic E-state index is -0.344. The number of halogens is 2. The quantitative estimate of drug-likeness (QED) is 0.579. The van der Waals surface area contributed by atoms with Crippen molar-refractivity contribution < 1.29 is 13.7 Å². The predicted molar refractivity (Wildman–Crippen MR) is 120 cm³/mol. The molecule has 0 unspecified atom stereocenters. The Labute approximate surface area is 192 Å². The molecule has 0 N–H and O–H groups in total. The molecule has 0 atom stereocenters. The SMILES string of the molecule is CCc1nn(-c2noc(C3CCN(CC4CN(C(C)=O)C4)CC3)n2)c2c(F)cccc12.Cl. The van der Waals surface area contributed by atoms with E-state index in [1.165, 1.54) is 10.7 Å². The normalized spacial score (nSPS) is 18.0. The van der Waals surface area contributed by atoms with Crippen molar-refractivity contribution in [2.75, 3.05) is 32.7 Å². The molecule has 0 bridgehead atoms. The van der Waals surface area contributed by atoms with Gasteiger partial charge in [0.15, 0.2) is 0 Å². The number of likely N-dealkylation sites (tertiary alicyclic amines) is 2. The second-order valence-electron chi connectivity index (χ2n) is 8.65. The van der Waals surface area contributed by atoms with E-state index in [1.54, 1.807) is 13.0 Å². The lowest BCUT2D eigenvalue weighted by Crippen LogP contribution is -2.53. The summed E-state index contributed by atoms with van der Waals surface area (Å²) in [7, 11) is 0. The van der Waals surface area contributed by atoms with E-state index >= 15 is 0 Å². The van der Waals surface area contributed by atoms with Crippen LogP contribution >= 0.6 is 12.4 Å². The number of amides is 1. The van der Waals surface area contributed by atoms with Gasteiger partial charge in [0.25, 0.3) is 5.95 Å². The Morgan fingerprint density at radius 3 is 2.69 bits per heavy atom.